The molecule has 0 saturated heterocycles. The van der Waals surface area contributed by atoms with E-state index in [4.69, 9.17) is 4.74 Å². The van der Waals surface area contributed by atoms with E-state index >= 15 is 0 Å². The Labute approximate surface area is 183 Å². The molecule has 4 nitrogen and oxygen atoms in total. The Kier molecular flexibility index (Phi) is 6.59. The van der Waals surface area contributed by atoms with Crippen LogP contribution in [0.2, 0.25) is 0 Å². The van der Waals surface area contributed by atoms with Gasteiger partial charge in [0, 0.05) is 0 Å². The number of carbonyl (C=O) groups excluding carboxylic acids is 1. The Balaban J connectivity index is 1.99. The summed E-state index contributed by atoms with van der Waals surface area (Å²) < 4.78 is 5.57. The molecule has 0 radical (unpaired) electrons. The van der Waals surface area contributed by atoms with Gasteiger partial charge in [-0.3, -0.25) is 0 Å². The average Bonchev–Trinajstić information content (AvgIpc) is 2.73. The molecule has 0 aromatic heterocycles. The van der Waals surface area contributed by atoms with Crippen molar-refractivity contribution in [1.82, 2.24) is 0 Å². The van der Waals surface area contributed by atoms with Gasteiger partial charge in [-0.15, -0.1) is 0 Å². The number of aromatic carboxylic acids is 1. The van der Waals surface area contributed by atoms with E-state index in [0.717, 1.165) is 11.1 Å². The summed E-state index contributed by atoms with van der Waals surface area (Å²) in [5.41, 5.74) is 4.71. The second-order valence-corrected chi connectivity index (χ2v) is 8.36. The topological polar surface area (TPSA) is 63.6 Å². The van der Waals surface area contributed by atoms with Crippen LogP contribution in [-0.2, 0) is 0 Å². The number of carboxylic acid groups (broad SMARTS) is 1. The molecule has 0 spiro atoms. The number of carbonyl (C=O) groups is 2. The maximum absolute atomic E-state index is 12.9. The highest BCUT2D eigenvalue weighted by Crippen LogP contribution is 2.32. The maximum atomic E-state index is 12.9. The molecule has 0 saturated carbocycles. The zero-order valence-corrected chi connectivity index (χ0v) is 18.6. The van der Waals surface area contributed by atoms with Gasteiger partial charge in [0.1, 0.15) is 5.75 Å². The van der Waals surface area contributed by atoms with Crippen molar-refractivity contribution in [3.8, 4) is 16.9 Å². The molecule has 3 rings (SSSR count). The van der Waals surface area contributed by atoms with Crippen LogP contribution < -0.4 is 4.74 Å². The van der Waals surface area contributed by atoms with Gasteiger partial charge in [-0.2, -0.15) is 0 Å². The number of hydrogen-bond acceptors (Lipinski definition) is 3. The summed E-state index contributed by atoms with van der Waals surface area (Å²) in [6.45, 7) is 10.2. The summed E-state index contributed by atoms with van der Waals surface area (Å²) in [7, 11) is 0. The monoisotopic (exact) mass is 416 g/mol. The minimum absolute atomic E-state index is 0.160. The maximum Gasteiger partial charge on any atom is 0.343 e. The number of rotatable bonds is 6. The minimum Gasteiger partial charge on any atom is -0.478 e. The van der Waals surface area contributed by atoms with Gasteiger partial charge in [0.05, 0.1) is 11.1 Å². The lowest BCUT2D eigenvalue weighted by Crippen LogP contribution is -2.13. The van der Waals surface area contributed by atoms with Crippen molar-refractivity contribution in [2.75, 3.05) is 0 Å². The van der Waals surface area contributed by atoms with Gasteiger partial charge in [-0.1, -0.05) is 64.1 Å². The van der Waals surface area contributed by atoms with E-state index in [9.17, 15) is 14.7 Å². The molecule has 0 aliphatic rings. The van der Waals surface area contributed by atoms with Crippen LogP contribution in [0.3, 0.4) is 0 Å². The molecule has 160 valence electrons. The Morgan fingerprint density at radius 3 is 1.71 bits per heavy atom. The molecular formula is C27H28O4. The number of carboxylic acids is 1. The summed E-state index contributed by atoms with van der Waals surface area (Å²) in [4.78, 5) is 24.8. The first kappa shape index (κ1) is 22.3. The predicted molar refractivity (Wildman–Crippen MR) is 123 cm³/mol. The summed E-state index contributed by atoms with van der Waals surface area (Å²) >= 11 is 0. The third kappa shape index (κ3) is 4.85. The summed E-state index contributed by atoms with van der Waals surface area (Å²) in [5, 5.41) is 9.71. The first-order valence-corrected chi connectivity index (χ1v) is 10.5. The highest BCUT2D eigenvalue weighted by atomic mass is 16.5. The highest BCUT2D eigenvalue weighted by molar-refractivity contribution is 6.02. The fourth-order valence-corrected chi connectivity index (χ4v) is 3.60. The van der Waals surface area contributed by atoms with E-state index in [1.54, 1.807) is 19.1 Å². The fraction of sp³-hybridized carbons (Fsp3) is 0.259. The third-order valence-corrected chi connectivity index (χ3v) is 5.54. The molecule has 0 fully saturated rings. The quantitative estimate of drug-likeness (QED) is 0.353. The fourth-order valence-electron chi connectivity index (χ4n) is 3.60. The first-order valence-electron chi connectivity index (χ1n) is 10.5. The average molecular weight is 417 g/mol. The van der Waals surface area contributed by atoms with Gasteiger partial charge in [0.25, 0.3) is 0 Å². The van der Waals surface area contributed by atoms with Crippen LogP contribution >= 0.6 is 0 Å². The van der Waals surface area contributed by atoms with Crippen LogP contribution in [0.25, 0.3) is 11.1 Å². The second-order valence-electron chi connectivity index (χ2n) is 8.36. The van der Waals surface area contributed by atoms with Crippen molar-refractivity contribution < 1.29 is 19.4 Å². The van der Waals surface area contributed by atoms with E-state index in [0.29, 0.717) is 34.3 Å². The number of ether oxygens (including phenoxy) is 1. The Morgan fingerprint density at radius 2 is 1.23 bits per heavy atom. The van der Waals surface area contributed by atoms with Crippen LogP contribution in [0.4, 0.5) is 0 Å². The number of benzene rings is 3. The summed E-state index contributed by atoms with van der Waals surface area (Å²) in [6.07, 6.45) is 0. The lowest BCUT2D eigenvalue weighted by atomic mass is 9.90. The molecule has 4 heteroatoms. The molecule has 3 aromatic carbocycles. The van der Waals surface area contributed by atoms with Crippen molar-refractivity contribution in [2.24, 2.45) is 0 Å². The molecule has 0 aliphatic heterocycles. The van der Waals surface area contributed by atoms with Crippen LogP contribution in [0.5, 0.6) is 5.75 Å². The summed E-state index contributed by atoms with van der Waals surface area (Å²) in [5.74, 6) is -0.321. The Hall–Kier alpha value is -3.40. The molecule has 3 aromatic rings. The lowest BCUT2D eigenvalue weighted by Gasteiger charge is -2.15. The molecule has 0 bridgehead atoms. The normalized spacial score (nSPS) is 11.1. The largest absolute Gasteiger partial charge is 0.478 e. The standard InChI is InChI=1S/C27H28O4/c1-16(2)19-6-8-21(9-7-19)25-18(5)23(14-15-24(25)26(28)29)27(30)31-22-12-10-20(11-13-22)17(3)4/h6-17H,1-5H3,(H,28,29). The Bertz CT molecular complexity index is 1090. The van der Waals surface area contributed by atoms with Gasteiger partial charge in [0.15, 0.2) is 0 Å². The smallest absolute Gasteiger partial charge is 0.343 e. The van der Waals surface area contributed by atoms with Crippen LogP contribution in [0.15, 0.2) is 60.7 Å². The molecular weight excluding hydrogens is 388 g/mol. The van der Waals surface area contributed by atoms with Crippen molar-refractivity contribution in [1.29, 1.82) is 0 Å². The first-order chi connectivity index (χ1) is 14.7. The van der Waals surface area contributed by atoms with Gasteiger partial charge in [0.2, 0.25) is 0 Å². The number of esters is 1. The molecule has 0 unspecified atom stereocenters. The van der Waals surface area contributed by atoms with Gasteiger partial charge < -0.3 is 9.84 Å². The van der Waals surface area contributed by atoms with Crippen LogP contribution in [-0.4, -0.2) is 17.0 Å². The van der Waals surface area contributed by atoms with E-state index in [1.807, 2.05) is 36.4 Å². The molecule has 0 heterocycles. The van der Waals surface area contributed by atoms with E-state index < -0.39 is 11.9 Å². The second kappa shape index (κ2) is 9.17. The molecule has 0 amide bonds. The number of hydrogen-bond donors (Lipinski definition) is 1. The SMILES string of the molecule is Cc1c(C(=O)Oc2ccc(C(C)C)cc2)ccc(C(=O)O)c1-c1ccc(C(C)C)cc1. The zero-order chi connectivity index (χ0) is 22.7. The minimum atomic E-state index is -1.03. The molecule has 1 N–H and O–H groups in total. The zero-order valence-electron chi connectivity index (χ0n) is 18.6. The third-order valence-electron chi connectivity index (χ3n) is 5.54. The molecule has 0 aliphatic carbocycles. The Morgan fingerprint density at radius 1 is 0.742 bits per heavy atom. The van der Waals surface area contributed by atoms with Crippen molar-refractivity contribution >= 4 is 11.9 Å². The highest BCUT2D eigenvalue weighted by Gasteiger charge is 2.21. The van der Waals surface area contributed by atoms with Gasteiger partial charge in [-0.25, -0.2) is 9.59 Å². The van der Waals surface area contributed by atoms with Crippen molar-refractivity contribution in [3.63, 3.8) is 0 Å². The van der Waals surface area contributed by atoms with Crippen LogP contribution in [0, 0.1) is 6.92 Å². The molecule has 31 heavy (non-hydrogen) atoms. The van der Waals surface area contributed by atoms with E-state index in [-0.39, 0.29) is 5.56 Å². The summed E-state index contributed by atoms with van der Waals surface area (Å²) in [6, 6.07) is 18.2. The van der Waals surface area contributed by atoms with Crippen LogP contribution in [0.1, 0.15) is 76.9 Å². The van der Waals surface area contributed by atoms with Gasteiger partial charge >= 0.3 is 11.9 Å². The van der Waals surface area contributed by atoms with E-state index in [1.165, 1.54) is 17.7 Å². The van der Waals surface area contributed by atoms with Gasteiger partial charge in [-0.05, 0) is 70.8 Å². The van der Waals surface area contributed by atoms with Crippen molar-refractivity contribution in [2.45, 2.75) is 46.5 Å². The molecule has 0 atom stereocenters. The van der Waals surface area contributed by atoms with Crippen molar-refractivity contribution in [3.05, 3.63) is 88.5 Å². The van der Waals surface area contributed by atoms with E-state index in [2.05, 4.69) is 27.7 Å². The lowest BCUT2D eigenvalue weighted by molar-refractivity contribution is 0.0692. The predicted octanol–water partition coefficient (Wildman–Crippen LogP) is 6.83.